The van der Waals surface area contributed by atoms with Crippen molar-refractivity contribution in [3.63, 3.8) is 0 Å². The highest BCUT2D eigenvalue weighted by Crippen LogP contribution is 2.28. The largest absolute Gasteiger partial charge is 0.325 e. The van der Waals surface area contributed by atoms with Gasteiger partial charge in [0, 0.05) is 11.3 Å². The molecule has 3 aromatic carbocycles. The number of nitrogens with zero attached hydrogens (tertiary/aromatic N) is 3. The standard InChI is InChI=1S/C25H23FN4OS/c1-17-7-6-10-22(15-17)27-24(31)18(2)32-25-29-28-23(20-11-13-21(26)14-12-20)30(25)16-19-8-4-3-5-9-19/h3-15,18H,16H2,1-2H3,(H,27,31). The lowest BCUT2D eigenvalue weighted by atomic mass is 10.2. The highest BCUT2D eigenvalue weighted by atomic mass is 32.2. The Morgan fingerprint density at radius 3 is 2.50 bits per heavy atom. The third-order valence-corrected chi connectivity index (χ3v) is 6.02. The monoisotopic (exact) mass is 446 g/mol. The Labute approximate surface area is 190 Å². The van der Waals surface area contributed by atoms with Gasteiger partial charge in [-0.05, 0) is 61.4 Å². The molecule has 7 heteroatoms. The molecule has 5 nitrogen and oxygen atoms in total. The van der Waals surface area contributed by atoms with Gasteiger partial charge in [0.25, 0.3) is 0 Å². The van der Waals surface area contributed by atoms with E-state index < -0.39 is 5.25 Å². The Morgan fingerprint density at radius 1 is 1.03 bits per heavy atom. The number of aromatic nitrogens is 3. The number of thioether (sulfide) groups is 1. The van der Waals surface area contributed by atoms with E-state index in [0.717, 1.165) is 22.4 Å². The SMILES string of the molecule is Cc1cccc(NC(=O)C(C)Sc2nnc(-c3ccc(F)cc3)n2Cc2ccccc2)c1. The van der Waals surface area contributed by atoms with Gasteiger partial charge in [-0.15, -0.1) is 10.2 Å². The molecule has 4 rings (SSSR count). The number of benzene rings is 3. The van der Waals surface area contributed by atoms with E-state index in [4.69, 9.17) is 0 Å². The molecular formula is C25H23FN4OS. The molecule has 1 atom stereocenters. The number of anilines is 1. The van der Waals surface area contributed by atoms with Gasteiger partial charge < -0.3 is 5.32 Å². The number of hydrogen-bond acceptors (Lipinski definition) is 4. The van der Waals surface area contributed by atoms with Crippen LogP contribution in [0, 0.1) is 12.7 Å². The van der Waals surface area contributed by atoms with Crippen molar-refractivity contribution in [2.24, 2.45) is 0 Å². The van der Waals surface area contributed by atoms with E-state index >= 15 is 0 Å². The van der Waals surface area contributed by atoms with Crippen LogP contribution in [0.2, 0.25) is 0 Å². The van der Waals surface area contributed by atoms with Crippen molar-refractivity contribution in [1.82, 2.24) is 14.8 Å². The minimum atomic E-state index is -0.393. The molecule has 0 saturated heterocycles. The van der Waals surface area contributed by atoms with Gasteiger partial charge in [-0.25, -0.2) is 4.39 Å². The normalized spacial score (nSPS) is 11.8. The summed E-state index contributed by atoms with van der Waals surface area (Å²) in [6, 6.07) is 23.8. The van der Waals surface area contributed by atoms with E-state index in [1.165, 1.54) is 23.9 Å². The number of hydrogen-bond donors (Lipinski definition) is 1. The summed E-state index contributed by atoms with van der Waals surface area (Å²) < 4.78 is 15.4. The van der Waals surface area contributed by atoms with Gasteiger partial charge in [-0.1, -0.05) is 54.2 Å². The molecule has 0 bridgehead atoms. The van der Waals surface area contributed by atoms with Crippen LogP contribution >= 0.6 is 11.8 Å². The summed E-state index contributed by atoms with van der Waals surface area (Å²) in [6.07, 6.45) is 0. The van der Waals surface area contributed by atoms with Crippen molar-refractivity contribution >= 4 is 23.4 Å². The van der Waals surface area contributed by atoms with Crippen LogP contribution in [-0.4, -0.2) is 25.9 Å². The minimum Gasteiger partial charge on any atom is -0.325 e. The molecule has 1 aromatic heterocycles. The summed E-state index contributed by atoms with van der Waals surface area (Å²) in [7, 11) is 0. The fraction of sp³-hybridized carbons (Fsp3) is 0.160. The molecule has 0 saturated carbocycles. The second-order valence-corrected chi connectivity index (χ2v) is 8.81. The molecule has 0 aliphatic rings. The second kappa shape index (κ2) is 9.78. The Kier molecular flexibility index (Phi) is 6.66. The van der Waals surface area contributed by atoms with E-state index in [1.807, 2.05) is 73.0 Å². The number of nitrogens with one attached hydrogen (secondary N) is 1. The van der Waals surface area contributed by atoms with Gasteiger partial charge >= 0.3 is 0 Å². The lowest BCUT2D eigenvalue weighted by molar-refractivity contribution is -0.115. The first kappa shape index (κ1) is 21.8. The minimum absolute atomic E-state index is 0.113. The number of carbonyl (C=O) groups is 1. The van der Waals surface area contributed by atoms with Gasteiger partial charge in [0.1, 0.15) is 5.82 Å². The maximum Gasteiger partial charge on any atom is 0.237 e. The maximum atomic E-state index is 13.4. The topological polar surface area (TPSA) is 59.8 Å². The maximum absolute atomic E-state index is 13.4. The van der Waals surface area contributed by atoms with E-state index in [2.05, 4.69) is 15.5 Å². The van der Waals surface area contributed by atoms with Gasteiger partial charge in [-0.3, -0.25) is 9.36 Å². The summed E-state index contributed by atoms with van der Waals surface area (Å²) in [5.41, 5.74) is 3.68. The molecule has 4 aromatic rings. The molecule has 0 aliphatic carbocycles. The summed E-state index contributed by atoms with van der Waals surface area (Å²) in [4.78, 5) is 12.8. The zero-order chi connectivity index (χ0) is 22.5. The number of rotatable bonds is 7. The van der Waals surface area contributed by atoms with E-state index in [9.17, 15) is 9.18 Å². The van der Waals surface area contributed by atoms with Crippen LogP contribution in [0.5, 0.6) is 0 Å². The lowest BCUT2D eigenvalue weighted by Gasteiger charge is -2.14. The van der Waals surface area contributed by atoms with Crippen LogP contribution in [0.25, 0.3) is 11.4 Å². The molecule has 32 heavy (non-hydrogen) atoms. The van der Waals surface area contributed by atoms with Crippen molar-refractivity contribution in [2.75, 3.05) is 5.32 Å². The van der Waals surface area contributed by atoms with Crippen molar-refractivity contribution < 1.29 is 9.18 Å². The van der Waals surface area contributed by atoms with E-state index in [0.29, 0.717) is 17.5 Å². The van der Waals surface area contributed by atoms with Gasteiger partial charge in [0.15, 0.2) is 11.0 Å². The van der Waals surface area contributed by atoms with Crippen molar-refractivity contribution in [2.45, 2.75) is 30.8 Å². The van der Waals surface area contributed by atoms with E-state index in [-0.39, 0.29) is 11.7 Å². The fourth-order valence-corrected chi connectivity index (χ4v) is 4.12. The highest BCUT2D eigenvalue weighted by Gasteiger charge is 2.21. The van der Waals surface area contributed by atoms with Crippen LogP contribution in [0.4, 0.5) is 10.1 Å². The first-order valence-electron chi connectivity index (χ1n) is 10.3. The zero-order valence-electron chi connectivity index (χ0n) is 17.8. The third kappa shape index (κ3) is 5.23. The van der Waals surface area contributed by atoms with Crippen LogP contribution in [0.3, 0.4) is 0 Å². The second-order valence-electron chi connectivity index (χ2n) is 7.50. The van der Waals surface area contributed by atoms with Crippen LogP contribution in [-0.2, 0) is 11.3 Å². The van der Waals surface area contributed by atoms with Crippen LogP contribution in [0.15, 0.2) is 84.0 Å². The predicted octanol–water partition coefficient (Wildman–Crippen LogP) is 5.56. The van der Waals surface area contributed by atoms with Crippen molar-refractivity contribution in [3.05, 3.63) is 95.8 Å². The Hall–Kier alpha value is -3.45. The number of aryl methyl sites for hydroxylation is 1. The molecule has 1 amide bonds. The third-order valence-electron chi connectivity index (χ3n) is 4.94. The molecule has 0 fully saturated rings. The Bertz CT molecular complexity index is 1210. The number of halogens is 1. The van der Waals surface area contributed by atoms with E-state index in [1.54, 1.807) is 12.1 Å². The lowest BCUT2D eigenvalue weighted by Crippen LogP contribution is -2.23. The highest BCUT2D eigenvalue weighted by molar-refractivity contribution is 8.00. The van der Waals surface area contributed by atoms with Crippen molar-refractivity contribution in [1.29, 1.82) is 0 Å². The van der Waals surface area contributed by atoms with Crippen LogP contribution in [0.1, 0.15) is 18.1 Å². The average Bonchev–Trinajstić information content (AvgIpc) is 3.17. The Morgan fingerprint density at radius 2 is 1.78 bits per heavy atom. The zero-order valence-corrected chi connectivity index (χ0v) is 18.6. The van der Waals surface area contributed by atoms with Crippen molar-refractivity contribution in [3.8, 4) is 11.4 Å². The quantitative estimate of drug-likeness (QED) is 0.378. The summed E-state index contributed by atoms with van der Waals surface area (Å²) in [5, 5.41) is 11.9. The molecule has 162 valence electrons. The molecule has 1 N–H and O–H groups in total. The molecule has 0 aliphatic heterocycles. The first-order valence-corrected chi connectivity index (χ1v) is 11.1. The summed E-state index contributed by atoms with van der Waals surface area (Å²) >= 11 is 1.34. The number of carbonyl (C=O) groups excluding carboxylic acids is 1. The molecule has 0 spiro atoms. The molecule has 1 unspecified atom stereocenters. The average molecular weight is 447 g/mol. The first-order chi connectivity index (χ1) is 15.5. The summed E-state index contributed by atoms with van der Waals surface area (Å²) in [6.45, 7) is 4.36. The molecule has 1 heterocycles. The number of amides is 1. The van der Waals surface area contributed by atoms with Gasteiger partial charge in [-0.2, -0.15) is 0 Å². The molecule has 0 radical (unpaired) electrons. The summed E-state index contributed by atoms with van der Waals surface area (Å²) in [5.74, 6) is 0.208. The van der Waals surface area contributed by atoms with Crippen LogP contribution < -0.4 is 5.32 Å². The smallest absolute Gasteiger partial charge is 0.237 e. The van der Waals surface area contributed by atoms with Gasteiger partial charge in [0.2, 0.25) is 5.91 Å². The predicted molar refractivity (Wildman–Crippen MR) is 126 cm³/mol. The Balaban J connectivity index is 1.59. The van der Waals surface area contributed by atoms with Gasteiger partial charge in [0.05, 0.1) is 11.8 Å². The molecular weight excluding hydrogens is 423 g/mol. The fourth-order valence-electron chi connectivity index (χ4n) is 3.28.